The van der Waals surface area contributed by atoms with Gasteiger partial charge >= 0.3 is 0 Å². The van der Waals surface area contributed by atoms with Crippen molar-refractivity contribution in [3.63, 3.8) is 0 Å². The zero-order valence-electron chi connectivity index (χ0n) is 11.4. The highest BCUT2D eigenvalue weighted by Gasteiger charge is 2.15. The maximum absolute atomic E-state index is 11.2. The van der Waals surface area contributed by atoms with E-state index in [1.165, 1.54) is 0 Å². The molecule has 0 spiro atoms. The van der Waals surface area contributed by atoms with Crippen LogP contribution in [0.3, 0.4) is 0 Å². The van der Waals surface area contributed by atoms with Crippen LogP contribution in [0.2, 0.25) is 0 Å². The largest absolute Gasteiger partial charge is 0.497 e. The number of hydrogen-bond donors (Lipinski definition) is 1. The number of hydrogen-bond acceptors (Lipinski definition) is 5. The summed E-state index contributed by atoms with van der Waals surface area (Å²) in [5, 5.41) is 12.3. The summed E-state index contributed by atoms with van der Waals surface area (Å²) in [6.45, 7) is -0.0783. The molecular weight excluding hydrogens is 270 g/mol. The van der Waals surface area contributed by atoms with E-state index in [0.717, 1.165) is 16.9 Å². The Morgan fingerprint density at radius 2 is 2.05 bits per heavy atom. The van der Waals surface area contributed by atoms with Crippen molar-refractivity contribution in [2.45, 2.75) is 6.61 Å². The van der Waals surface area contributed by atoms with E-state index >= 15 is 0 Å². The summed E-state index contributed by atoms with van der Waals surface area (Å²) in [5.41, 5.74) is 2.58. The monoisotopic (exact) mass is 283 g/mol. The number of fused-ring (bicyclic) bond motifs is 1. The molecule has 0 aliphatic rings. The van der Waals surface area contributed by atoms with Gasteiger partial charge in [0, 0.05) is 11.8 Å². The first kappa shape index (κ1) is 13.3. The minimum Gasteiger partial charge on any atom is -0.497 e. The van der Waals surface area contributed by atoms with E-state index in [0.29, 0.717) is 11.3 Å². The van der Waals surface area contributed by atoms with Gasteiger partial charge in [-0.2, -0.15) is 0 Å². The Morgan fingerprint density at radius 1 is 1.29 bits per heavy atom. The van der Waals surface area contributed by atoms with Gasteiger partial charge in [-0.3, -0.25) is 4.40 Å². The molecule has 6 heteroatoms. The number of benzene rings is 1. The molecule has 3 aromatic rings. The topological polar surface area (TPSA) is 76.2 Å². The van der Waals surface area contributed by atoms with Crippen molar-refractivity contribution in [2.24, 2.45) is 5.18 Å². The normalized spacial score (nSPS) is 10.8. The predicted octanol–water partition coefficient (Wildman–Crippen LogP) is 2.90. The van der Waals surface area contributed by atoms with Crippen LogP contribution in [0.5, 0.6) is 5.75 Å². The molecule has 0 bridgehead atoms. The van der Waals surface area contributed by atoms with Crippen molar-refractivity contribution < 1.29 is 9.84 Å². The molecular formula is C15H13N3O3. The van der Waals surface area contributed by atoms with Crippen LogP contribution >= 0.6 is 0 Å². The molecule has 2 heterocycles. The standard InChI is InChI=1S/C15H13N3O3/c1-21-12-4-2-11(3-5-12)14-15(17-20)18-7-6-10(9-19)8-13(18)16-14/h2-8,19H,9H2,1H3. The first-order valence-corrected chi connectivity index (χ1v) is 6.36. The van der Waals surface area contributed by atoms with Crippen molar-refractivity contribution in [3.8, 4) is 17.0 Å². The Hall–Kier alpha value is -2.73. The van der Waals surface area contributed by atoms with Gasteiger partial charge in [0.25, 0.3) is 0 Å². The van der Waals surface area contributed by atoms with Crippen LogP contribution in [0.15, 0.2) is 47.8 Å². The zero-order chi connectivity index (χ0) is 14.8. The molecule has 0 radical (unpaired) electrons. The third-order valence-electron chi connectivity index (χ3n) is 3.30. The lowest BCUT2D eigenvalue weighted by Crippen LogP contribution is -1.88. The molecule has 0 aliphatic heterocycles. The summed E-state index contributed by atoms with van der Waals surface area (Å²) in [6.07, 6.45) is 1.68. The molecule has 0 atom stereocenters. The number of nitroso groups, excluding NO2 is 1. The van der Waals surface area contributed by atoms with Gasteiger partial charge < -0.3 is 9.84 Å². The van der Waals surface area contributed by atoms with Crippen LogP contribution in [0.1, 0.15) is 5.56 Å². The van der Waals surface area contributed by atoms with Crippen LogP contribution in [0.4, 0.5) is 5.82 Å². The molecule has 0 unspecified atom stereocenters. The lowest BCUT2D eigenvalue weighted by atomic mass is 10.1. The number of rotatable bonds is 4. The Balaban J connectivity index is 2.18. The van der Waals surface area contributed by atoms with Crippen LogP contribution in [-0.4, -0.2) is 21.6 Å². The summed E-state index contributed by atoms with van der Waals surface area (Å²) in [7, 11) is 1.59. The maximum Gasteiger partial charge on any atom is 0.209 e. The van der Waals surface area contributed by atoms with Gasteiger partial charge in [-0.05, 0) is 47.1 Å². The van der Waals surface area contributed by atoms with Gasteiger partial charge in [0.15, 0.2) is 0 Å². The van der Waals surface area contributed by atoms with Gasteiger partial charge in [-0.15, -0.1) is 4.91 Å². The number of nitrogens with zero attached hydrogens (tertiary/aromatic N) is 3. The van der Waals surface area contributed by atoms with E-state index < -0.39 is 0 Å². The SMILES string of the molecule is COc1ccc(-c2nc3cc(CO)ccn3c2N=O)cc1. The Kier molecular flexibility index (Phi) is 3.37. The third kappa shape index (κ3) is 2.25. The molecule has 21 heavy (non-hydrogen) atoms. The number of aromatic nitrogens is 2. The first-order chi connectivity index (χ1) is 10.3. The van der Waals surface area contributed by atoms with Crippen LogP contribution in [0, 0.1) is 4.91 Å². The molecule has 2 aromatic heterocycles. The quantitative estimate of drug-likeness (QED) is 0.747. The van der Waals surface area contributed by atoms with Crippen molar-refractivity contribution in [2.75, 3.05) is 7.11 Å². The summed E-state index contributed by atoms with van der Waals surface area (Å²) in [4.78, 5) is 15.6. The molecule has 3 rings (SSSR count). The number of ether oxygens (including phenoxy) is 1. The number of imidazole rings is 1. The molecule has 1 N–H and O–H groups in total. The predicted molar refractivity (Wildman–Crippen MR) is 78.6 cm³/mol. The molecule has 0 saturated carbocycles. The van der Waals surface area contributed by atoms with E-state index in [4.69, 9.17) is 9.84 Å². The molecule has 1 aromatic carbocycles. The fraction of sp³-hybridized carbons (Fsp3) is 0.133. The van der Waals surface area contributed by atoms with Gasteiger partial charge in [-0.25, -0.2) is 4.98 Å². The average Bonchev–Trinajstić information content (AvgIpc) is 2.92. The second-order valence-electron chi connectivity index (χ2n) is 4.53. The first-order valence-electron chi connectivity index (χ1n) is 6.36. The lowest BCUT2D eigenvalue weighted by Gasteiger charge is -2.01. The van der Waals surface area contributed by atoms with Crippen LogP contribution in [0.25, 0.3) is 16.9 Å². The van der Waals surface area contributed by atoms with Gasteiger partial charge in [-0.1, -0.05) is 0 Å². The van der Waals surface area contributed by atoms with E-state index in [2.05, 4.69) is 10.2 Å². The molecule has 0 fully saturated rings. The molecule has 0 amide bonds. The molecule has 0 aliphatic carbocycles. The summed E-state index contributed by atoms with van der Waals surface area (Å²) >= 11 is 0. The smallest absolute Gasteiger partial charge is 0.209 e. The highest BCUT2D eigenvalue weighted by molar-refractivity contribution is 5.75. The maximum atomic E-state index is 11.2. The minimum absolute atomic E-state index is 0.0783. The Morgan fingerprint density at radius 3 is 2.67 bits per heavy atom. The number of aliphatic hydroxyl groups is 1. The summed E-state index contributed by atoms with van der Waals surface area (Å²) in [5.74, 6) is 0.963. The summed E-state index contributed by atoms with van der Waals surface area (Å²) < 4.78 is 6.72. The minimum atomic E-state index is -0.0783. The van der Waals surface area contributed by atoms with E-state index in [-0.39, 0.29) is 12.4 Å². The van der Waals surface area contributed by atoms with Gasteiger partial charge in [0.1, 0.15) is 17.1 Å². The highest BCUT2D eigenvalue weighted by Crippen LogP contribution is 2.32. The zero-order valence-corrected chi connectivity index (χ0v) is 11.4. The Labute approximate surface area is 120 Å². The molecule has 6 nitrogen and oxygen atoms in total. The second kappa shape index (κ2) is 5.34. The Bertz CT molecular complexity index is 794. The van der Waals surface area contributed by atoms with E-state index in [9.17, 15) is 4.91 Å². The van der Waals surface area contributed by atoms with Crippen molar-refractivity contribution in [1.29, 1.82) is 0 Å². The fourth-order valence-corrected chi connectivity index (χ4v) is 2.20. The lowest BCUT2D eigenvalue weighted by molar-refractivity contribution is 0.282. The van der Waals surface area contributed by atoms with Crippen molar-refractivity contribution in [1.82, 2.24) is 9.38 Å². The average molecular weight is 283 g/mol. The highest BCUT2D eigenvalue weighted by atomic mass is 16.5. The van der Waals surface area contributed by atoms with Gasteiger partial charge in [0.05, 0.1) is 13.7 Å². The number of methoxy groups -OCH3 is 1. The third-order valence-corrected chi connectivity index (χ3v) is 3.30. The number of pyridine rings is 1. The second-order valence-corrected chi connectivity index (χ2v) is 4.53. The van der Waals surface area contributed by atoms with Crippen LogP contribution < -0.4 is 4.74 Å². The van der Waals surface area contributed by atoms with E-state index in [1.807, 2.05) is 12.1 Å². The molecule has 0 saturated heterocycles. The van der Waals surface area contributed by atoms with Gasteiger partial charge in [0.2, 0.25) is 5.82 Å². The summed E-state index contributed by atoms with van der Waals surface area (Å²) in [6, 6.07) is 10.7. The molecule has 106 valence electrons. The number of aliphatic hydroxyl groups excluding tert-OH is 1. The fourth-order valence-electron chi connectivity index (χ4n) is 2.20. The van der Waals surface area contributed by atoms with Crippen LogP contribution in [-0.2, 0) is 6.61 Å². The van der Waals surface area contributed by atoms with Crippen molar-refractivity contribution >= 4 is 11.5 Å². The van der Waals surface area contributed by atoms with Crippen molar-refractivity contribution in [3.05, 3.63) is 53.1 Å². The van der Waals surface area contributed by atoms with E-state index in [1.54, 1.807) is 42.0 Å².